The van der Waals surface area contributed by atoms with Crippen LogP contribution in [0.4, 0.5) is 4.79 Å². The maximum absolute atomic E-state index is 10.2. The topological polar surface area (TPSA) is 67.2 Å². The molecule has 0 radical (unpaired) electrons. The van der Waals surface area contributed by atoms with Gasteiger partial charge in [-0.25, -0.2) is 9.78 Å². The number of nitrogens with one attached hydrogen (secondary N) is 1. The lowest BCUT2D eigenvalue weighted by Gasteiger charge is -2.10. The highest BCUT2D eigenvalue weighted by atomic mass is 16.4. The first-order valence-electron chi connectivity index (χ1n) is 3.63. The van der Waals surface area contributed by atoms with E-state index in [4.69, 9.17) is 5.11 Å². The standard InChI is InChI=1S/C7H11N3O2/c1-6(9-7(11)12)4-10-3-2-8-5-10/h2-3,5-6,9H,4H2,1H3,(H,11,12). The van der Waals surface area contributed by atoms with E-state index >= 15 is 0 Å². The van der Waals surface area contributed by atoms with Crippen LogP contribution >= 0.6 is 0 Å². The molecule has 0 saturated carbocycles. The Bertz CT molecular complexity index is 245. The van der Waals surface area contributed by atoms with E-state index in [-0.39, 0.29) is 6.04 Å². The second-order valence-electron chi connectivity index (χ2n) is 2.61. The van der Waals surface area contributed by atoms with Gasteiger partial charge in [-0.15, -0.1) is 0 Å². The van der Waals surface area contributed by atoms with Crippen molar-refractivity contribution in [2.75, 3.05) is 0 Å². The number of aromatic nitrogens is 2. The largest absolute Gasteiger partial charge is 0.465 e. The molecule has 1 aromatic heterocycles. The minimum atomic E-state index is -0.998. The van der Waals surface area contributed by atoms with E-state index < -0.39 is 6.09 Å². The Morgan fingerprint density at radius 1 is 1.83 bits per heavy atom. The average molecular weight is 169 g/mol. The fourth-order valence-electron chi connectivity index (χ4n) is 0.967. The van der Waals surface area contributed by atoms with Crippen molar-refractivity contribution in [3.8, 4) is 0 Å². The van der Waals surface area contributed by atoms with E-state index in [1.807, 2.05) is 4.57 Å². The molecule has 0 fully saturated rings. The molecule has 0 aliphatic heterocycles. The highest BCUT2D eigenvalue weighted by molar-refractivity contribution is 5.64. The van der Waals surface area contributed by atoms with Gasteiger partial charge >= 0.3 is 6.09 Å². The number of rotatable bonds is 3. The Balaban J connectivity index is 2.36. The number of amides is 1. The molecular formula is C7H11N3O2. The van der Waals surface area contributed by atoms with Crippen molar-refractivity contribution < 1.29 is 9.90 Å². The smallest absolute Gasteiger partial charge is 0.404 e. The van der Waals surface area contributed by atoms with Crippen molar-refractivity contribution in [3.05, 3.63) is 18.7 Å². The monoisotopic (exact) mass is 169 g/mol. The zero-order valence-electron chi connectivity index (χ0n) is 6.77. The number of carbonyl (C=O) groups is 1. The lowest BCUT2D eigenvalue weighted by Crippen LogP contribution is -2.34. The highest BCUT2D eigenvalue weighted by Gasteiger charge is 2.04. The van der Waals surface area contributed by atoms with Crippen LogP contribution in [0.15, 0.2) is 18.7 Å². The first kappa shape index (κ1) is 8.58. The summed E-state index contributed by atoms with van der Waals surface area (Å²) in [6.45, 7) is 2.40. The van der Waals surface area contributed by atoms with Gasteiger partial charge in [0.05, 0.1) is 6.33 Å². The molecule has 1 aromatic rings. The fraction of sp³-hybridized carbons (Fsp3) is 0.429. The molecule has 1 amide bonds. The second kappa shape index (κ2) is 3.75. The zero-order valence-corrected chi connectivity index (χ0v) is 6.77. The molecule has 0 spiro atoms. The van der Waals surface area contributed by atoms with Gasteiger partial charge in [0.15, 0.2) is 0 Å². The number of imidazole rings is 1. The van der Waals surface area contributed by atoms with E-state index in [0.29, 0.717) is 6.54 Å². The minimum absolute atomic E-state index is 0.100. The van der Waals surface area contributed by atoms with Gasteiger partial charge in [-0.1, -0.05) is 0 Å². The van der Waals surface area contributed by atoms with Crippen LogP contribution in [0.5, 0.6) is 0 Å². The van der Waals surface area contributed by atoms with Crippen LogP contribution in [0.2, 0.25) is 0 Å². The summed E-state index contributed by atoms with van der Waals surface area (Å²) in [4.78, 5) is 14.0. The lowest BCUT2D eigenvalue weighted by atomic mass is 10.3. The quantitative estimate of drug-likeness (QED) is 0.693. The van der Waals surface area contributed by atoms with Gasteiger partial charge in [-0.2, -0.15) is 0 Å². The fourth-order valence-corrected chi connectivity index (χ4v) is 0.967. The van der Waals surface area contributed by atoms with Crippen LogP contribution in [0, 0.1) is 0 Å². The highest BCUT2D eigenvalue weighted by Crippen LogP contribution is 1.90. The van der Waals surface area contributed by atoms with E-state index in [1.54, 1.807) is 25.6 Å². The predicted molar refractivity (Wildman–Crippen MR) is 42.8 cm³/mol. The Labute approximate surface area is 70.0 Å². The van der Waals surface area contributed by atoms with Crippen molar-refractivity contribution in [1.29, 1.82) is 0 Å². The molecule has 5 heteroatoms. The molecule has 1 heterocycles. The summed E-state index contributed by atoms with van der Waals surface area (Å²) in [7, 11) is 0. The molecule has 0 aromatic carbocycles. The van der Waals surface area contributed by atoms with Crippen molar-refractivity contribution in [2.24, 2.45) is 0 Å². The first-order chi connectivity index (χ1) is 5.68. The summed E-state index contributed by atoms with van der Waals surface area (Å²) >= 11 is 0. The molecule has 0 saturated heterocycles. The Morgan fingerprint density at radius 2 is 2.58 bits per heavy atom. The number of nitrogens with zero attached hydrogens (tertiary/aromatic N) is 2. The van der Waals surface area contributed by atoms with E-state index in [1.165, 1.54) is 0 Å². The summed E-state index contributed by atoms with van der Waals surface area (Å²) in [5.74, 6) is 0. The normalized spacial score (nSPS) is 12.4. The van der Waals surface area contributed by atoms with Crippen LogP contribution in [0.25, 0.3) is 0 Å². The molecule has 1 atom stereocenters. The SMILES string of the molecule is CC(Cn1ccnc1)NC(=O)O. The molecule has 1 unspecified atom stereocenters. The van der Waals surface area contributed by atoms with Crippen LogP contribution in [0.3, 0.4) is 0 Å². The van der Waals surface area contributed by atoms with E-state index in [9.17, 15) is 4.79 Å². The lowest BCUT2D eigenvalue weighted by molar-refractivity contribution is 0.189. The number of hydrogen-bond acceptors (Lipinski definition) is 2. The van der Waals surface area contributed by atoms with Crippen molar-refractivity contribution in [2.45, 2.75) is 19.5 Å². The van der Waals surface area contributed by atoms with Crippen molar-refractivity contribution in [1.82, 2.24) is 14.9 Å². The molecule has 1 rings (SSSR count). The summed E-state index contributed by atoms with van der Waals surface area (Å²) in [6, 6.07) is -0.100. The van der Waals surface area contributed by atoms with Gasteiger partial charge in [0.1, 0.15) is 0 Å². The van der Waals surface area contributed by atoms with E-state index in [0.717, 1.165) is 0 Å². The van der Waals surface area contributed by atoms with Gasteiger partial charge in [0.2, 0.25) is 0 Å². The van der Waals surface area contributed by atoms with Crippen molar-refractivity contribution in [3.63, 3.8) is 0 Å². The molecule has 0 aliphatic carbocycles. The van der Waals surface area contributed by atoms with Crippen LogP contribution in [-0.2, 0) is 6.54 Å². The number of hydrogen-bond donors (Lipinski definition) is 2. The molecule has 12 heavy (non-hydrogen) atoms. The number of carboxylic acid groups (broad SMARTS) is 1. The zero-order chi connectivity index (χ0) is 8.97. The van der Waals surface area contributed by atoms with Gasteiger partial charge < -0.3 is 15.0 Å². The van der Waals surface area contributed by atoms with E-state index in [2.05, 4.69) is 10.3 Å². The maximum Gasteiger partial charge on any atom is 0.404 e. The molecule has 5 nitrogen and oxygen atoms in total. The molecule has 0 bridgehead atoms. The third-order valence-electron chi connectivity index (χ3n) is 1.41. The van der Waals surface area contributed by atoms with Gasteiger partial charge in [0, 0.05) is 25.0 Å². The third kappa shape index (κ3) is 2.61. The summed E-state index contributed by atoms with van der Waals surface area (Å²) in [6.07, 6.45) is 4.11. The predicted octanol–water partition coefficient (Wildman–Crippen LogP) is 0.539. The first-order valence-corrected chi connectivity index (χ1v) is 3.63. The summed E-state index contributed by atoms with van der Waals surface area (Å²) in [5.41, 5.74) is 0. The maximum atomic E-state index is 10.2. The second-order valence-corrected chi connectivity index (χ2v) is 2.61. The van der Waals surface area contributed by atoms with Gasteiger partial charge in [-0.3, -0.25) is 0 Å². The average Bonchev–Trinajstić information content (AvgIpc) is 2.37. The summed E-state index contributed by atoms with van der Waals surface area (Å²) in [5, 5.41) is 10.7. The van der Waals surface area contributed by atoms with Gasteiger partial charge in [-0.05, 0) is 6.92 Å². The van der Waals surface area contributed by atoms with Crippen molar-refractivity contribution >= 4 is 6.09 Å². The molecule has 66 valence electrons. The van der Waals surface area contributed by atoms with Crippen LogP contribution in [0.1, 0.15) is 6.92 Å². The summed E-state index contributed by atoms with van der Waals surface area (Å²) < 4.78 is 1.82. The molecular weight excluding hydrogens is 158 g/mol. The van der Waals surface area contributed by atoms with Crippen LogP contribution < -0.4 is 5.32 Å². The van der Waals surface area contributed by atoms with Crippen LogP contribution in [-0.4, -0.2) is 26.8 Å². The Hall–Kier alpha value is -1.52. The Kier molecular flexibility index (Phi) is 2.68. The third-order valence-corrected chi connectivity index (χ3v) is 1.41. The molecule has 2 N–H and O–H groups in total. The Morgan fingerprint density at radius 3 is 3.08 bits per heavy atom. The molecule has 0 aliphatic rings. The van der Waals surface area contributed by atoms with Gasteiger partial charge in [0.25, 0.3) is 0 Å². The minimum Gasteiger partial charge on any atom is -0.465 e.